The Bertz CT molecular complexity index is 1400. The fraction of sp³-hybridized carbons (Fsp3) is 0.400. The van der Waals surface area contributed by atoms with Crippen LogP contribution >= 0.6 is 0 Å². The van der Waals surface area contributed by atoms with Gasteiger partial charge in [0.05, 0.1) is 17.1 Å². The van der Waals surface area contributed by atoms with Crippen molar-refractivity contribution in [2.45, 2.75) is 57.9 Å². The third-order valence-electron chi connectivity index (χ3n) is 6.43. The van der Waals surface area contributed by atoms with E-state index in [-0.39, 0.29) is 6.04 Å². The molecule has 0 radical (unpaired) electrons. The Morgan fingerprint density at radius 1 is 1.05 bits per heavy atom. The molecule has 194 valence electrons. The molecule has 0 bridgehead atoms. The normalized spacial score (nSPS) is 18.2. The van der Waals surface area contributed by atoms with E-state index in [1.807, 2.05) is 24.6 Å². The molecule has 1 aliphatic carbocycles. The van der Waals surface area contributed by atoms with E-state index in [0.29, 0.717) is 44.1 Å². The van der Waals surface area contributed by atoms with Crippen molar-refractivity contribution in [2.75, 3.05) is 11.9 Å². The van der Waals surface area contributed by atoms with Crippen LogP contribution in [0.4, 0.5) is 23.4 Å². The Morgan fingerprint density at radius 3 is 2.46 bits per heavy atom. The largest absolute Gasteiger partial charge is 0.472 e. The van der Waals surface area contributed by atoms with Gasteiger partial charge in [0.15, 0.2) is 5.82 Å². The van der Waals surface area contributed by atoms with Crippen molar-refractivity contribution in [3.63, 3.8) is 0 Å². The quantitative estimate of drug-likeness (QED) is 0.327. The number of rotatable bonds is 6. The first-order valence-corrected chi connectivity index (χ1v) is 12.0. The van der Waals surface area contributed by atoms with Crippen molar-refractivity contribution < 1.29 is 22.3 Å². The summed E-state index contributed by atoms with van der Waals surface area (Å²) in [7, 11) is 0. The molecule has 1 aliphatic rings. The van der Waals surface area contributed by atoms with Gasteiger partial charge in [-0.05, 0) is 45.6 Å². The minimum atomic E-state index is -4.81. The molecule has 12 heteroatoms. The Labute approximate surface area is 210 Å². The van der Waals surface area contributed by atoms with Gasteiger partial charge in [0.25, 0.3) is 5.88 Å². The van der Waals surface area contributed by atoms with Crippen molar-refractivity contribution in [1.82, 2.24) is 29.7 Å². The van der Waals surface area contributed by atoms with Crippen LogP contribution in [0, 0.1) is 12.7 Å². The molecular formula is C25H25F4N7O. The number of hydrogen-bond acceptors (Lipinski definition) is 7. The summed E-state index contributed by atoms with van der Waals surface area (Å²) in [4.78, 5) is 16.8. The fourth-order valence-electron chi connectivity index (χ4n) is 4.61. The highest BCUT2D eigenvalue weighted by molar-refractivity contribution is 5.93. The summed E-state index contributed by atoms with van der Waals surface area (Å²) in [5, 5.41) is 8.99. The predicted octanol–water partition coefficient (Wildman–Crippen LogP) is 5.74. The van der Waals surface area contributed by atoms with E-state index in [4.69, 9.17) is 9.84 Å². The summed E-state index contributed by atoms with van der Waals surface area (Å²) in [5.41, 5.74) is 1.01. The molecule has 4 aromatic heterocycles. The van der Waals surface area contributed by atoms with Crippen molar-refractivity contribution >= 4 is 16.7 Å². The summed E-state index contributed by atoms with van der Waals surface area (Å²) in [5.74, 6) is -0.717. The van der Waals surface area contributed by atoms with Crippen molar-refractivity contribution in [3.8, 4) is 17.1 Å². The SMILES string of the molecule is CCNc1cc2c(cn1)c(-c1cnc(C)nc1)nn2C1CCC(Oc2nccc(C(F)(F)F)c2F)CC1. The molecule has 4 heterocycles. The Morgan fingerprint density at radius 2 is 1.78 bits per heavy atom. The lowest BCUT2D eigenvalue weighted by Crippen LogP contribution is -2.27. The molecule has 0 spiro atoms. The first kappa shape index (κ1) is 24.8. The maximum Gasteiger partial charge on any atom is 0.419 e. The summed E-state index contributed by atoms with van der Waals surface area (Å²) < 4.78 is 61.1. The molecule has 0 aliphatic heterocycles. The zero-order valence-corrected chi connectivity index (χ0v) is 20.3. The highest BCUT2D eigenvalue weighted by Crippen LogP contribution is 2.38. The third-order valence-corrected chi connectivity index (χ3v) is 6.43. The van der Waals surface area contributed by atoms with Crippen LogP contribution in [-0.2, 0) is 6.18 Å². The minimum Gasteiger partial charge on any atom is -0.472 e. The van der Waals surface area contributed by atoms with Crippen LogP contribution in [0.25, 0.3) is 22.2 Å². The first-order valence-electron chi connectivity index (χ1n) is 12.0. The molecule has 0 aromatic carbocycles. The molecule has 0 saturated heterocycles. The van der Waals surface area contributed by atoms with Crippen LogP contribution in [0.5, 0.6) is 5.88 Å². The minimum absolute atomic E-state index is 0.0126. The summed E-state index contributed by atoms with van der Waals surface area (Å²) >= 11 is 0. The lowest BCUT2D eigenvalue weighted by Gasteiger charge is -2.29. The van der Waals surface area contributed by atoms with Crippen LogP contribution in [0.15, 0.2) is 36.9 Å². The molecule has 5 rings (SSSR count). The van der Waals surface area contributed by atoms with E-state index >= 15 is 0 Å². The number of nitrogens with zero attached hydrogens (tertiary/aromatic N) is 6. The number of aromatic nitrogens is 6. The highest BCUT2D eigenvalue weighted by atomic mass is 19.4. The van der Waals surface area contributed by atoms with E-state index in [2.05, 4.69) is 25.3 Å². The van der Waals surface area contributed by atoms with Gasteiger partial charge in [-0.3, -0.25) is 4.68 Å². The predicted molar refractivity (Wildman–Crippen MR) is 129 cm³/mol. The second-order valence-corrected chi connectivity index (χ2v) is 8.95. The number of pyridine rings is 2. The number of ether oxygens (including phenoxy) is 1. The van der Waals surface area contributed by atoms with E-state index in [9.17, 15) is 17.6 Å². The second kappa shape index (κ2) is 9.91. The zero-order chi connectivity index (χ0) is 26.2. The van der Waals surface area contributed by atoms with Gasteiger partial charge in [-0.25, -0.2) is 24.3 Å². The van der Waals surface area contributed by atoms with Gasteiger partial charge >= 0.3 is 6.18 Å². The maximum atomic E-state index is 14.4. The number of hydrogen-bond donors (Lipinski definition) is 1. The molecular weight excluding hydrogens is 490 g/mol. The maximum absolute atomic E-state index is 14.4. The first-order chi connectivity index (χ1) is 17.7. The van der Waals surface area contributed by atoms with Crippen LogP contribution in [0.3, 0.4) is 0 Å². The zero-order valence-electron chi connectivity index (χ0n) is 20.3. The van der Waals surface area contributed by atoms with Gasteiger partial charge in [0.2, 0.25) is 0 Å². The molecule has 1 fully saturated rings. The lowest BCUT2D eigenvalue weighted by molar-refractivity contribution is -0.140. The second-order valence-electron chi connectivity index (χ2n) is 8.95. The Hall–Kier alpha value is -3.83. The van der Waals surface area contributed by atoms with Gasteiger partial charge in [-0.1, -0.05) is 0 Å². The van der Waals surface area contributed by atoms with E-state index in [1.54, 1.807) is 18.6 Å². The number of nitrogens with one attached hydrogen (secondary N) is 1. The molecule has 0 atom stereocenters. The number of aryl methyl sites for hydroxylation is 1. The number of halogens is 4. The average molecular weight is 516 g/mol. The number of fused-ring (bicyclic) bond motifs is 1. The van der Waals surface area contributed by atoms with Gasteiger partial charge in [0.1, 0.15) is 23.4 Å². The fourth-order valence-corrected chi connectivity index (χ4v) is 4.61. The van der Waals surface area contributed by atoms with Crippen molar-refractivity contribution in [2.24, 2.45) is 0 Å². The van der Waals surface area contributed by atoms with Crippen molar-refractivity contribution in [1.29, 1.82) is 0 Å². The molecule has 0 unspecified atom stereocenters. The van der Waals surface area contributed by atoms with E-state index in [0.717, 1.165) is 34.2 Å². The lowest BCUT2D eigenvalue weighted by atomic mass is 9.93. The smallest absolute Gasteiger partial charge is 0.419 e. The van der Waals surface area contributed by atoms with Gasteiger partial charge in [-0.2, -0.15) is 18.3 Å². The molecule has 37 heavy (non-hydrogen) atoms. The van der Waals surface area contributed by atoms with Crippen LogP contribution in [0.2, 0.25) is 0 Å². The average Bonchev–Trinajstić information content (AvgIpc) is 3.24. The van der Waals surface area contributed by atoms with Crippen LogP contribution in [-0.4, -0.2) is 42.4 Å². The molecule has 1 saturated carbocycles. The van der Waals surface area contributed by atoms with Gasteiger partial charge in [-0.15, -0.1) is 0 Å². The standard InChI is InChI=1S/C25H25F4N7O/c1-3-30-21-10-20-18(13-34-21)23(15-11-32-14(2)33-12-15)35-36(20)16-4-6-17(7-5-16)37-24-22(26)19(8-9-31-24)25(27,28)29/h8-13,16-17H,3-7H2,1-2H3,(H,30,34). The topological polar surface area (TPSA) is 90.6 Å². The molecule has 1 N–H and O–H groups in total. The molecule has 8 nitrogen and oxygen atoms in total. The van der Waals surface area contributed by atoms with Gasteiger partial charge < -0.3 is 10.1 Å². The molecule has 4 aromatic rings. The van der Waals surface area contributed by atoms with Gasteiger partial charge in [0, 0.05) is 48.3 Å². The summed E-state index contributed by atoms with van der Waals surface area (Å²) in [6, 6.07) is 2.57. The van der Waals surface area contributed by atoms with Crippen LogP contribution < -0.4 is 10.1 Å². The number of alkyl halides is 3. The van der Waals surface area contributed by atoms with E-state index < -0.39 is 29.5 Å². The molecule has 0 amide bonds. The summed E-state index contributed by atoms with van der Waals surface area (Å²) in [6.07, 6.45) is 3.20. The highest BCUT2D eigenvalue weighted by Gasteiger charge is 2.36. The Balaban J connectivity index is 1.39. The Kier molecular flexibility index (Phi) is 6.65. The number of anilines is 1. The summed E-state index contributed by atoms with van der Waals surface area (Å²) in [6.45, 7) is 4.52. The van der Waals surface area contributed by atoms with E-state index in [1.165, 1.54) is 0 Å². The third kappa shape index (κ3) is 5.05. The monoisotopic (exact) mass is 515 g/mol. The van der Waals surface area contributed by atoms with Crippen molar-refractivity contribution in [3.05, 3.63) is 54.1 Å². The van der Waals surface area contributed by atoms with Crippen LogP contribution in [0.1, 0.15) is 50.0 Å².